The van der Waals surface area contributed by atoms with Crippen molar-refractivity contribution < 1.29 is 18.0 Å². The van der Waals surface area contributed by atoms with Crippen molar-refractivity contribution in [3.8, 4) is 0 Å². The van der Waals surface area contributed by atoms with E-state index in [1.807, 2.05) is 68.4 Å². The maximum atomic E-state index is 14.4. The highest BCUT2D eigenvalue weighted by atomic mass is 79.9. The molecule has 0 aliphatic rings. The minimum atomic E-state index is -4.13. The van der Waals surface area contributed by atoms with Gasteiger partial charge in [0, 0.05) is 24.0 Å². The van der Waals surface area contributed by atoms with Crippen molar-refractivity contribution in [1.82, 2.24) is 10.2 Å². The number of carbonyl (C=O) groups is 2. The molecule has 0 fully saturated rings. The molecule has 0 bridgehead atoms. The minimum Gasteiger partial charge on any atom is -0.354 e. The first-order valence-electron chi connectivity index (χ1n) is 14.2. The lowest BCUT2D eigenvalue weighted by Crippen LogP contribution is -2.53. The maximum Gasteiger partial charge on any atom is 0.264 e. The highest BCUT2D eigenvalue weighted by Gasteiger charge is 2.34. The van der Waals surface area contributed by atoms with Gasteiger partial charge in [0.05, 0.1) is 10.6 Å². The van der Waals surface area contributed by atoms with Gasteiger partial charge in [-0.1, -0.05) is 95.7 Å². The zero-order chi connectivity index (χ0) is 30.8. The first kappa shape index (κ1) is 32.0. The van der Waals surface area contributed by atoms with E-state index in [4.69, 9.17) is 0 Å². The van der Waals surface area contributed by atoms with Gasteiger partial charge >= 0.3 is 0 Å². The van der Waals surface area contributed by atoms with Crippen LogP contribution in [0.5, 0.6) is 0 Å². The van der Waals surface area contributed by atoms with E-state index in [-0.39, 0.29) is 23.8 Å². The van der Waals surface area contributed by atoms with Crippen molar-refractivity contribution in [3.63, 3.8) is 0 Å². The Labute approximate surface area is 262 Å². The lowest BCUT2D eigenvalue weighted by Gasteiger charge is -2.34. The Hall–Kier alpha value is -3.95. The van der Waals surface area contributed by atoms with Crippen LogP contribution in [0, 0.1) is 6.92 Å². The van der Waals surface area contributed by atoms with Gasteiger partial charge in [-0.2, -0.15) is 0 Å². The van der Waals surface area contributed by atoms with Gasteiger partial charge in [-0.15, -0.1) is 0 Å². The van der Waals surface area contributed by atoms with Gasteiger partial charge in [-0.25, -0.2) is 8.42 Å². The summed E-state index contributed by atoms with van der Waals surface area (Å²) < 4.78 is 29.9. The number of sulfonamides is 1. The van der Waals surface area contributed by atoms with Crippen LogP contribution in [-0.2, 0) is 32.6 Å². The van der Waals surface area contributed by atoms with Gasteiger partial charge in [-0.05, 0) is 66.4 Å². The van der Waals surface area contributed by atoms with E-state index in [2.05, 4.69) is 21.2 Å². The molecule has 4 aromatic carbocycles. The maximum absolute atomic E-state index is 14.4. The van der Waals surface area contributed by atoms with Gasteiger partial charge in [0.15, 0.2) is 0 Å². The van der Waals surface area contributed by atoms with E-state index >= 15 is 0 Å². The molecule has 4 aromatic rings. The molecule has 4 rings (SSSR count). The van der Waals surface area contributed by atoms with Crippen LogP contribution in [0.25, 0.3) is 0 Å². The lowest BCUT2D eigenvalue weighted by atomic mass is 10.0. The summed E-state index contributed by atoms with van der Waals surface area (Å²) in [6.45, 7) is 4.03. The van der Waals surface area contributed by atoms with Gasteiger partial charge in [-0.3, -0.25) is 13.9 Å². The lowest BCUT2D eigenvalue weighted by molar-refractivity contribution is -0.140. The Morgan fingerprint density at radius 2 is 1.44 bits per heavy atom. The number of carbonyl (C=O) groups excluding carboxylic acids is 2. The summed E-state index contributed by atoms with van der Waals surface area (Å²) >= 11 is 3.41. The van der Waals surface area contributed by atoms with Gasteiger partial charge < -0.3 is 10.2 Å². The zero-order valence-corrected chi connectivity index (χ0v) is 26.7. The molecule has 0 aliphatic carbocycles. The average molecular weight is 663 g/mol. The van der Waals surface area contributed by atoms with Crippen LogP contribution in [-0.4, -0.2) is 44.3 Å². The summed E-state index contributed by atoms with van der Waals surface area (Å²) in [5.41, 5.74) is 3.07. The fourth-order valence-electron chi connectivity index (χ4n) is 4.75. The summed E-state index contributed by atoms with van der Waals surface area (Å²) in [6.07, 6.45) is 1.01. The normalized spacial score (nSPS) is 11.9. The van der Waals surface area contributed by atoms with Crippen molar-refractivity contribution in [1.29, 1.82) is 0 Å². The fourth-order valence-corrected chi connectivity index (χ4v) is 6.45. The number of amides is 2. The molecule has 9 heteroatoms. The molecule has 1 atom stereocenters. The van der Waals surface area contributed by atoms with Crippen LogP contribution in [0.3, 0.4) is 0 Å². The summed E-state index contributed by atoms with van der Waals surface area (Å²) in [5, 5.41) is 2.97. The van der Waals surface area contributed by atoms with Crippen LogP contribution in [0.2, 0.25) is 0 Å². The Kier molecular flexibility index (Phi) is 11.1. The predicted octanol–water partition coefficient (Wildman–Crippen LogP) is 6.12. The van der Waals surface area contributed by atoms with E-state index < -0.39 is 28.5 Å². The molecule has 0 spiro atoms. The molecule has 1 N–H and O–H groups in total. The largest absolute Gasteiger partial charge is 0.354 e. The predicted molar refractivity (Wildman–Crippen MR) is 174 cm³/mol. The SMILES string of the molecule is CCCNC(=O)C(Cc1ccccc1)N(Cc1ccccc1C)C(=O)CN(c1ccc(Br)cc1)S(=O)(=O)c1ccccc1. The van der Waals surface area contributed by atoms with Crippen molar-refractivity contribution in [3.05, 3.63) is 130 Å². The van der Waals surface area contributed by atoms with E-state index in [1.54, 1.807) is 42.5 Å². The Bertz CT molecular complexity index is 1610. The molecule has 7 nitrogen and oxygen atoms in total. The number of benzene rings is 4. The summed E-state index contributed by atoms with van der Waals surface area (Å²) in [6, 6.07) is 31.2. The molecule has 0 heterocycles. The average Bonchev–Trinajstić information content (AvgIpc) is 3.02. The molecule has 0 aromatic heterocycles. The molecule has 0 aliphatic heterocycles. The third-order valence-electron chi connectivity index (χ3n) is 7.15. The number of nitrogens with one attached hydrogen (secondary N) is 1. The molecule has 0 saturated heterocycles. The number of halogens is 1. The van der Waals surface area contributed by atoms with Crippen molar-refractivity contribution in [2.24, 2.45) is 0 Å². The number of aryl methyl sites for hydroxylation is 1. The molecular formula is C34H36BrN3O4S. The summed E-state index contributed by atoms with van der Waals surface area (Å²) in [7, 11) is -4.13. The van der Waals surface area contributed by atoms with E-state index in [1.165, 1.54) is 17.0 Å². The van der Waals surface area contributed by atoms with Gasteiger partial charge in [0.2, 0.25) is 11.8 Å². The third kappa shape index (κ3) is 8.33. The third-order valence-corrected chi connectivity index (χ3v) is 9.46. The molecular weight excluding hydrogens is 626 g/mol. The van der Waals surface area contributed by atoms with E-state index in [9.17, 15) is 18.0 Å². The second-order valence-corrected chi connectivity index (χ2v) is 13.0. The topological polar surface area (TPSA) is 86.8 Å². The second-order valence-electron chi connectivity index (χ2n) is 10.2. The van der Waals surface area contributed by atoms with Crippen LogP contribution in [0.1, 0.15) is 30.0 Å². The fraction of sp³-hybridized carbons (Fsp3) is 0.235. The van der Waals surface area contributed by atoms with Crippen LogP contribution >= 0.6 is 15.9 Å². The molecule has 43 heavy (non-hydrogen) atoms. The smallest absolute Gasteiger partial charge is 0.264 e. The monoisotopic (exact) mass is 661 g/mol. The first-order valence-corrected chi connectivity index (χ1v) is 16.4. The molecule has 0 radical (unpaired) electrons. The highest BCUT2D eigenvalue weighted by molar-refractivity contribution is 9.10. The zero-order valence-electron chi connectivity index (χ0n) is 24.3. The van der Waals surface area contributed by atoms with Crippen LogP contribution < -0.4 is 9.62 Å². The van der Waals surface area contributed by atoms with E-state index in [0.29, 0.717) is 12.2 Å². The number of rotatable bonds is 13. The van der Waals surface area contributed by atoms with Crippen molar-refractivity contribution in [2.45, 2.75) is 44.2 Å². The number of nitrogens with zero attached hydrogens (tertiary/aromatic N) is 2. The standard InChI is InChI=1S/C34H36BrN3O4S/c1-3-22-36-34(40)32(23-27-13-6-4-7-14-27)37(24-28-15-11-10-12-26(28)2)33(39)25-38(30-20-18-29(35)19-21-30)43(41,42)31-16-8-5-9-17-31/h4-21,32H,3,22-25H2,1-2H3,(H,36,40). The van der Waals surface area contributed by atoms with Crippen molar-refractivity contribution in [2.75, 3.05) is 17.4 Å². The van der Waals surface area contributed by atoms with Gasteiger partial charge in [0.25, 0.3) is 10.0 Å². The highest BCUT2D eigenvalue weighted by Crippen LogP contribution is 2.26. The molecule has 2 amide bonds. The number of hydrogen-bond acceptors (Lipinski definition) is 4. The molecule has 0 saturated carbocycles. The number of anilines is 1. The van der Waals surface area contributed by atoms with Crippen LogP contribution in [0.15, 0.2) is 119 Å². The van der Waals surface area contributed by atoms with E-state index in [0.717, 1.165) is 31.9 Å². The molecule has 1 unspecified atom stereocenters. The van der Waals surface area contributed by atoms with Crippen LogP contribution in [0.4, 0.5) is 5.69 Å². The quantitative estimate of drug-likeness (QED) is 0.187. The minimum absolute atomic E-state index is 0.0673. The summed E-state index contributed by atoms with van der Waals surface area (Å²) in [4.78, 5) is 29.7. The Balaban J connectivity index is 1.79. The summed E-state index contributed by atoms with van der Waals surface area (Å²) in [5.74, 6) is -0.771. The number of hydrogen-bond donors (Lipinski definition) is 1. The molecule has 224 valence electrons. The van der Waals surface area contributed by atoms with Gasteiger partial charge in [0.1, 0.15) is 12.6 Å². The first-order chi connectivity index (χ1) is 20.7. The second kappa shape index (κ2) is 15.0. The Morgan fingerprint density at radius 3 is 2.07 bits per heavy atom. The van der Waals surface area contributed by atoms with Crippen molar-refractivity contribution >= 4 is 43.5 Å². The Morgan fingerprint density at radius 1 is 0.837 bits per heavy atom.